The van der Waals surface area contributed by atoms with Crippen LogP contribution in [-0.2, 0) is 25.6 Å². The summed E-state index contributed by atoms with van der Waals surface area (Å²) >= 11 is 0. The summed E-state index contributed by atoms with van der Waals surface area (Å²) in [4.78, 5) is 53.8. The lowest BCUT2D eigenvalue weighted by molar-refractivity contribution is -0.142. The number of aliphatic hydroxyl groups excluding tert-OH is 1. The number of hydrogen-bond acceptors (Lipinski definition) is 8. The Morgan fingerprint density at radius 2 is 1.42 bits per heavy atom. The van der Waals surface area contributed by atoms with Crippen LogP contribution >= 0.6 is 0 Å². The smallest absolute Gasteiger partial charge is 0.326 e. The maximum Gasteiger partial charge on any atom is 0.326 e. The summed E-state index contributed by atoms with van der Waals surface area (Å²) in [6.07, 6.45) is 1.77. The number of hydrogen-bond donors (Lipinski definition) is 9. The Morgan fingerprint density at radius 3 is 2.00 bits per heavy atom. The van der Waals surface area contributed by atoms with Gasteiger partial charge in [0.25, 0.3) is 0 Å². The Balaban J connectivity index is 2.88. The van der Waals surface area contributed by atoms with E-state index < -0.39 is 54.5 Å². The number of nitrogens with one attached hydrogen (secondary N) is 3. The lowest BCUT2D eigenvalue weighted by Gasteiger charge is -2.24. The first-order chi connectivity index (χ1) is 18.1. The molecule has 38 heavy (non-hydrogen) atoms. The van der Waals surface area contributed by atoms with Gasteiger partial charge in [0.05, 0.1) is 12.6 Å². The van der Waals surface area contributed by atoms with Gasteiger partial charge in [0.1, 0.15) is 18.1 Å². The van der Waals surface area contributed by atoms with Crippen molar-refractivity contribution in [2.75, 3.05) is 19.7 Å². The number of carbonyl (C=O) groups excluding carboxylic acids is 3. The third-order valence-corrected chi connectivity index (χ3v) is 5.59. The molecule has 0 spiro atoms. The Morgan fingerprint density at radius 1 is 0.842 bits per heavy atom. The van der Waals surface area contributed by atoms with Gasteiger partial charge in [-0.25, -0.2) is 4.79 Å². The van der Waals surface area contributed by atoms with Crippen LogP contribution in [0.25, 0.3) is 0 Å². The molecule has 1 rings (SSSR count). The third-order valence-electron chi connectivity index (χ3n) is 5.59. The SMILES string of the molecule is NCCCCC(NC(=O)C(CCCN=C(N)N)NC(=O)C(CO)NC(=O)C(N)Cc1ccccc1)C(=O)O. The van der Waals surface area contributed by atoms with E-state index >= 15 is 0 Å². The summed E-state index contributed by atoms with van der Waals surface area (Å²) in [5, 5.41) is 26.5. The molecule has 0 saturated heterocycles. The van der Waals surface area contributed by atoms with Crippen LogP contribution in [-0.4, -0.2) is 83.7 Å². The summed E-state index contributed by atoms with van der Waals surface area (Å²) in [6.45, 7) is -0.211. The number of aliphatic carboxylic acids is 1. The van der Waals surface area contributed by atoms with E-state index in [1.54, 1.807) is 24.3 Å². The minimum Gasteiger partial charge on any atom is -0.480 e. The quantitative estimate of drug-likeness (QED) is 0.0531. The van der Waals surface area contributed by atoms with E-state index in [1.165, 1.54) is 0 Å². The van der Waals surface area contributed by atoms with Gasteiger partial charge < -0.3 is 49.1 Å². The van der Waals surface area contributed by atoms with Crippen molar-refractivity contribution in [2.45, 2.75) is 62.7 Å². The van der Waals surface area contributed by atoms with Crippen molar-refractivity contribution in [1.82, 2.24) is 16.0 Å². The topological polar surface area (TPSA) is 261 Å². The van der Waals surface area contributed by atoms with E-state index in [1.807, 2.05) is 6.07 Å². The van der Waals surface area contributed by atoms with Crippen LogP contribution in [0.4, 0.5) is 0 Å². The number of carbonyl (C=O) groups is 4. The molecule has 0 aliphatic carbocycles. The van der Waals surface area contributed by atoms with Gasteiger partial charge in [0.15, 0.2) is 5.96 Å². The number of aliphatic imine (C=N–C) groups is 1. The normalized spacial score (nSPS) is 13.9. The van der Waals surface area contributed by atoms with Gasteiger partial charge >= 0.3 is 5.97 Å². The van der Waals surface area contributed by atoms with Crippen molar-refractivity contribution in [3.8, 4) is 0 Å². The number of amides is 3. The molecule has 3 amide bonds. The highest BCUT2D eigenvalue weighted by Crippen LogP contribution is 2.06. The van der Waals surface area contributed by atoms with Crippen molar-refractivity contribution in [1.29, 1.82) is 0 Å². The third kappa shape index (κ3) is 12.5. The Labute approximate surface area is 221 Å². The lowest BCUT2D eigenvalue weighted by Crippen LogP contribution is -2.58. The monoisotopic (exact) mass is 536 g/mol. The zero-order chi connectivity index (χ0) is 28.5. The number of nitrogens with zero attached hydrogens (tertiary/aromatic N) is 1. The first-order valence-electron chi connectivity index (χ1n) is 12.4. The number of nitrogens with two attached hydrogens (primary N) is 4. The number of unbranched alkanes of at least 4 members (excludes halogenated alkanes) is 1. The molecule has 0 aliphatic heterocycles. The molecule has 1 aromatic carbocycles. The van der Waals surface area contributed by atoms with Crippen LogP contribution in [0.1, 0.15) is 37.7 Å². The number of guanidine groups is 1. The van der Waals surface area contributed by atoms with Crippen LogP contribution < -0.4 is 38.9 Å². The first-order valence-corrected chi connectivity index (χ1v) is 12.4. The van der Waals surface area contributed by atoms with Crippen molar-refractivity contribution in [3.05, 3.63) is 35.9 Å². The minimum atomic E-state index is -1.39. The Hall–Kier alpha value is -3.75. The number of carboxylic acids is 1. The van der Waals surface area contributed by atoms with Crippen LogP contribution in [0, 0.1) is 0 Å². The van der Waals surface area contributed by atoms with Crippen LogP contribution in [0.15, 0.2) is 35.3 Å². The molecule has 0 fully saturated rings. The van der Waals surface area contributed by atoms with Crippen molar-refractivity contribution >= 4 is 29.7 Å². The largest absolute Gasteiger partial charge is 0.480 e. The lowest BCUT2D eigenvalue weighted by atomic mass is 10.1. The zero-order valence-corrected chi connectivity index (χ0v) is 21.3. The molecule has 4 unspecified atom stereocenters. The summed E-state index contributed by atoms with van der Waals surface area (Å²) in [7, 11) is 0. The fraction of sp³-hybridized carbons (Fsp3) is 0.542. The Kier molecular flexibility index (Phi) is 15.0. The number of aliphatic hydroxyl groups is 1. The van der Waals surface area contributed by atoms with Gasteiger partial charge in [0, 0.05) is 6.54 Å². The van der Waals surface area contributed by atoms with Crippen molar-refractivity contribution < 1.29 is 29.4 Å². The molecule has 0 aliphatic rings. The van der Waals surface area contributed by atoms with Crippen LogP contribution in [0.3, 0.4) is 0 Å². The second kappa shape index (κ2) is 17.7. The van der Waals surface area contributed by atoms with E-state index in [-0.39, 0.29) is 38.2 Å². The molecule has 0 bridgehead atoms. The number of rotatable bonds is 18. The number of carboxylic acid groups (broad SMARTS) is 1. The second-order valence-corrected chi connectivity index (χ2v) is 8.73. The molecule has 212 valence electrons. The van der Waals surface area contributed by atoms with Crippen LogP contribution in [0.2, 0.25) is 0 Å². The molecule has 13 N–H and O–H groups in total. The van der Waals surface area contributed by atoms with E-state index in [0.717, 1.165) is 5.56 Å². The van der Waals surface area contributed by atoms with E-state index in [0.29, 0.717) is 19.4 Å². The van der Waals surface area contributed by atoms with Gasteiger partial charge in [-0.3, -0.25) is 19.4 Å². The molecule has 4 atom stereocenters. The summed E-state index contributed by atoms with van der Waals surface area (Å²) in [6, 6.07) is 4.28. The molecule has 14 nitrogen and oxygen atoms in total. The average molecular weight is 537 g/mol. The predicted molar refractivity (Wildman–Crippen MR) is 141 cm³/mol. The zero-order valence-electron chi connectivity index (χ0n) is 21.3. The molecule has 0 aromatic heterocycles. The van der Waals surface area contributed by atoms with E-state index in [2.05, 4.69) is 20.9 Å². The van der Waals surface area contributed by atoms with Gasteiger partial charge in [-0.2, -0.15) is 0 Å². The maximum absolute atomic E-state index is 12.9. The average Bonchev–Trinajstić information content (AvgIpc) is 2.88. The highest BCUT2D eigenvalue weighted by molar-refractivity contribution is 5.94. The second-order valence-electron chi connectivity index (χ2n) is 8.73. The molecular weight excluding hydrogens is 496 g/mol. The van der Waals surface area contributed by atoms with Gasteiger partial charge in [0.2, 0.25) is 17.7 Å². The fourth-order valence-corrected chi connectivity index (χ4v) is 3.50. The van der Waals surface area contributed by atoms with Gasteiger partial charge in [-0.15, -0.1) is 0 Å². The molecule has 14 heteroatoms. The minimum absolute atomic E-state index is 0.0586. The van der Waals surface area contributed by atoms with Crippen LogP contribution in [0.5, 0.6) is 0 Å². The predicted octanol–water partition coefficient (Wildman–Crippen LogP) is -2.73. The molecular formula is C24H40N8O6. The molecule has 0 radical (unpaired) electrons. The van der Waals surface area contributed by atoms with Crippen molar-refractivity contribution in [3.63, 3.8) is 0 Å². The molecule has 0 heterocycles. The summed E-state index contributed by atoms with van der Waals surface area (Å²) in [5.74, 6) is -3.62. The first kappa shape index (κ1) is 32.3. The van der Waals surface area contributed by atoms with Gasteiger partial charge in [-0.05, 0) is 50.6 Å². The summed E-state index contributed by atoms with van der Waals surface area (Å²) < 4.78 is 0. The maximum atomic E-state index is 12.9. The summed E-state index contributed by atoms with van der Waals surface area (Å²) in [5.41, 5.74) is 22.8. The fourth-order valence-electron chi connectivity index (χ4n) is 3.50. The van der Waals surface area contributed by atoms with Gasteiger partial charge in [-0.1, -0.05) is 30.3 Å². The van der Waals surface area contributed by atoms with Crippen molar-refractivity contribution in [2.24, 2.45) is 27.9 Å². The highest BCUT2D eigenvalue weighted by Gasteiger charge is 2.29. The van der Waals surface area contributed by atoms with E-state index in [9.17, 15) is 29.4 Å². The number of benzene rings is 1. The van der Waals surface area contributed by atoms with E-state index in [4.69, 9.17) is 22.9 Å². The molecule has 1 aromatic rings. The molecule has 0 saturated carbocycles. The standard InChI is InChI=1S/C24H40N8O6/c25-11-5-4-9-18(23(37)38)31-21(35)17(10-6-12-29-24(27)28)30-22(36)19(14-33)32-20(34)16(26)13-15-7-2-1-3-8-15/h1-3,7-8,16-19,33H,4-6,9-14,25-26H2,(H,30,36)(H,31,35)(H,32,34)(H,37,38)(H4,27,28,29). The highest BCUT2D eigenvalue weighted by atomic mass is 16.4. The Bertz CT molecular complexity index is 926.